The van der Waals surface area contributed by atoms with E-state index in [-0.39, 0.29) is 41.6 Å². The Balaban J connectivity index is 1.09. The minimum atomic E-state index is -1.01. The van der Waals surface area contributed by atoms with E-state index in [0.717, 1.165) is 64.3 Å². The number of nitrogens with zero attached hydrogens (tertiary/aromatic N) is 8. The fourth-order valence-corrected chi connectivity index (χ4v) is 6.69. The van der Waals surface area contributed by atoms with Crippen molar-refractivity contribution in [3.63, 3.8) is 0 Å². The van der Waals surface area contributed by atoms with Gasteiger partial charge in [-0.25, -0.2) is 29.3 Å². The van der Waals surface area contributed by atoms with E-state index in [2.05, 4.69) is 35.1 Å². The van der Waals surface area contributed by atoms with Crippen LogP contribution >= 0.6 is 0 Å². The summed E-state index contributed by atoms with van der Waals surface area (Å²) in [6.45, 7) is 16.3. The Bertz CT molecular complexity index is 2110. The number of imide groups is 1. The standard InChI is InChI=1S/C41H53N9O10/c1-40(2,3)59-38(52)50(39(53)60-41(4,5)6)33-23-42-22-29(45-33)30-24-49-13-12-43-35(49)36(46-30)58-37(51)44-27-10-11-31(48-16-14-47(15-17-48)28-25-54-26-28)32(21-27)55-19-20-57-34-9-7-8-18-56-34/h10-13,21-24,28,34H,7-9,14-20,25-26H2,1-6H3,(H,44,51). The molecule has 4 aromatic rings. The van der Waals surface area contributed by atoms with E-state index in [0.29, 0.717) is 35.6 Å². The Labute approximate surface area is 348 Å². The lowest BCUT2D eigenvalue weighted by Crippen LogP contribution is -2.56. The minimum absolute atomic E-state index is 0.136. The van der Waals surface area contributed by atoms with Gasteiger partial charge in [0.2, 0.25) is 5.65 Å². The maximum atomic E-state index is 13.5. The lowest BCUT2D eigenvalue weighted by Gasteiger charge is -2.43. The fraction of sp³-hybridized carbons (Fsp3) is 0.537. The minimum Gasteiger partial charge on any atom is -0.489 e. The Morgan fingerprint density at radius 2 is 1.67 bits per heavy atom. The van der Waals surface area contributed by atoms with Gasteiger partial charge in [0.1, 0.15) is 34.9 Å². The van der Waals surface area contributed by atoms with Gasteiger partial charge in [0.05, 0.1) is 43.9 Å². The van der Waals surface area contributed by atoms with E-state index in [1.54, 1.807) is 70.5 Å². The van der Waals surface area contributed by atoms with Crippen LogP contribution in [0.5, 0.6) is 11.6 Å². The lowest BCUT2D eigenvalue weighted by molar-refractivity contribution is -0.165. The number of anilines is 3. The number of carbonyl (C=O) groups excluding carboxylic acids is 3. The summed E-state index contributed by atoms with van der Waals surface area (Å²) >= 11 is 0. The highest BCUT2D eigenvalue weighted by molar-refractivity contribution is 6.08. The van der Waals surface area contributed by atoms with Crippen molar-refractivity contribution in [2.75, 3.05) is 74.3 Å². The van der Waals surface area contributed by atoms with Crippen molar-refractivity contribution in [1.82, 2.24) is 29.2 Å². The van der Waals surface area contributed by atoms with Gasteiger partial charge in [-0.2, -0.15) is 4.90 Å². The van der Waals surface area contributed by atoms with Crippen LogP contribution < -0.4 is 24.6 Å². The summed E-state index contributed by atoms with van der Waals surface area (Å²) in [6.07, 6.45) is 7.24. The molecule has 1 atom stereocenters. The van der Waals surface area contributed by atoms with E-state index in [1.807, 2.05) is 6.07 Å². The number of amides is 3. The van der Waals surface area contributed by atoms with Gasteiger partial charge in [-0.1, -0.05) is 0 Å². The van der Waals surface area contributed by atoms with Crippen LogP contribution in [0.3, 0.4) is 0 Å². The number of imidazole rings is 1. The molecule has 60 heavy (non-hydrogen) atoms. The molecule has 3 aromatic heterocycles. The molecule has 0 spiro atoms. The maximum Gasteiger partial charge on any atom is 0.425 e. The molecule has 3 fully saturated rings. The number of carbonyl (C=O) groups is 3. The summed E-state index contributed by atoms with van der Waals surface area (Å²) < 4.78 is 41.7. The van der Waals surface area contributed by atoms with Crippen molar-refractivity contribution in [2.24, 2.45) is 0 Å². The third-order valence-corrected chi connectivity index (χ3v) is 9.58. The van der Waals surface area contributed by atoms with Gasteiger partial charge in [-0.05, 0) is 72.9 Å². The SMILES string of the molecule is CC(C)(C)OC(=O)N(C(=O)OC(C)(C)C)c1cncc(-c2cn3ccnc3c(OC(=O)Nc3ccc(N4CCN(C5COC5)CC4)c(OCCOC4CCCCO4)c3)n2)n1. The highest BCUT2D eigenvalue weighted by Crippen LogP contribution is 2.34. The van der Waals surface area contributed by atoms with Gasteiger partial charge in [-0.3, -0.25) is 15.2 Å². The summed E-state index contributed by atoms with van der Waals surface area (Å²) in [4.78, 5) is 63.2. The molecule has 3 aliphatic rings. The van der Waals surface area contributed by atoms with Gasteiger partial charge in [0, 0.05) is 63.1 Å². The van der Waals surface area contributed by atoms with Gasteiger partial charge in [0.25, 0.3) is 5.88 Å². The molecule has 1 aromatic carbocycles. The van der Waals surface area contributed by atoms with E-state index in [1.165, 1.54) is 18.6 Å². The third kappa shape index (κ3) is 10.9. The zero-order valence-corrected chi connectivity index (χ0v) is 34.9. The molecular weight excluding hydrogens is 779 g/mol. The van der Waals surface area contributed by atoms with Gasteiger partial charge in [-0.15, -0.1) is 0 Å². The maximum absolute atomic E-state index is 13.5. The fourth-order valence-electron chi connectivity index (χ4n) is 6.69. The number of piperazine rings is 1. The molecule has 1 unspecified atom stereocenters. The molecule has 6 heterocycles. The second kappa shape index (κ2) is 18.3. The summed E-state index contributed by atoms with van der Waals surface area (Å²) in [5, 5.41) is 2.79. The second-order valence-electron chi connectivity index (χ2n) is 16.6. The third-order valence-electron chi connectivity index (χ3n) is 9.58. The van der Waals surface area contributed by atoms with E-state index < -0.39 is 29.5 Å². The molecule has 0 aliphatic carbocycles. The molecule has 0 radical (unpaired) electrons. The first-order valence-electron chi connectivity index (χ1n) is 20.2. The first-order valence-corrected chi connectivity index (χ1v) is 20.2. The van der Waals surface area contributed by atoms with Crippen molar-refractivity contribution in [2.45, 2.75) is 84.3 Å². The molecule has 19 nitrogen and oxygen atoms in total. The number of nitrogens with one attached hydrogen (secondary N) is 1. The average Bonchev–Trinajstić information content (AvgIpc) is 3.65. The predicted molar refractivity (Wildman–Crippen MR) is 218 cm³/mol. The Morgan fingerprint density at radius 3 is 2.33 bits per heavy atom. The molecule has 0 saturated carbocycles. The summed E-state index contributed by atoms with van der Waals surface area (Å²) in [5.74, 6) is 0.277. The van der Waals surface area contributed by atoms with Gasteiger partial charge in [0.15, 0.2) is 12.1 Å². The Hall–Kier alpha value is -5.63. The van der Waals surface area contributed by atoms with Crippen molar-refractivity contribution in [3.05, 3.63) is 49.2 Å². The summed E-state index contributed by atoms with van der Waals surface area (Å²) in [7, 11) is 0. The Kier molecular flexibility index (Phi) is 13.0. The van der Waals surface area contributed by atoms with E-state index in [9.17, 15) is 14.4 Å². The largest absolute Gasteiger partial charge is 0.489 e. The topological polar surface area (TPSA) is 194 Å². The average molecular weight is 832 g/mol. The normalized spacial score (nSPS) is 17.8. The first-order chi connectivity index (χ1) is 28.7. The van der Waals surface area contributed by atoms with Crippen LogP contribution in [0.1, 0.15) is 60.8 Å². The molecule has 322 valence electrons. The van der Waals surface area contributed by atoms with Crippen molar-refractivity contribution in [3.8, 4) is 23.0 Å². The summed E-state index contributed by atoms with van der Waals surface area (Å²) in [6, 6.07) is 5.94. The summed E-state index contributed by atoms with van der Waals surface area (Å²) in [5.41, 5.74) is 0.0522. The zero-order valence-electron chi connectivity index (χ0n) is 34.9. The van der Waals surface area contributed by atoms with Crippen LogP contribution in [0.4, 0.5) is 31.6 Å². The van der Waals surface area contributed by atoms with Gasteiger partial charge < -0.3 is 42.5 Å². The van der Waals surface area contributed by atoms with Crippen molar-refractivity contribution < 1.29 is 47.5 Å². The van der Waals surface area contributed by atoms with E-state index in [4.69, 9.17) is 33.2 Å². The number of rotatable bonds is 11. The number of fused-ring (bicyclic) bond motifs is 1. The molecule has 3 amide bonds. The monoisotopic (exact) mass is 831 g/mol. The number of hydrogen-bond acceptors (Lipinski definition) is 16. The molecule has 19 heteroatoms. The second-order valence-corrected chi connectivity index (χ2v) is 16.6. The van der Waals surface area contributed by atoms with Crippen LogP contribution in [-0.4, -0.2) is 130 Å². The van der Waals surface area contributed by atoms with Gasteiger partial charge >= 0.3 is 18.3 Å². The number of benzene rings is 1. The van der Waals surface area contributed by atoms with Crippen molar-refractivity contribution >= 4 is 41.1 Å². The predicted octanol–water partition coefficient (Wildman–Crippen LogP) is 5.92. The molecule has 3 saturated heterocycles. The molecule has 3 aliphatic heterocycles. The van der Waals surface area contributed by atoms with Crippen LogP contribution in [0.2, 0.25) is 0 Å². The van der Waals surface area contributed by atoms with Crippen LogP contribution in [-0.2, 0) is 23.7 Å². The number of aromatic nitrogens is 5. The van der Waals surface area contributed by atoms with Crippen LogP contribution in [0.25, 0.3) is 17.0 Å². The zero-order chi connectivity index (χ0) is 42.4. The number of ether oxygens (including phenoxy) is 7. The van der Waals surface area contributed by atoms with E-state index >= 15 is 0 Å². The molecular formula is C41H53N9O10. The molecule has 1 N–H and O–H groups in total. The Morgan fingerprint density at radius 1 is 0.917 bits per heavy atom. The highest BCUT2D eigenvalue weighted by atomic mass is 16.7. The van der Waals surface area contributed by atoms with Crippen LogP contribution in [0.15, 0.2) is 49.2 Å². The smallest absolute Gasteiger partial charge is 0.425 e. The molecule has 0 bridgehead atoms. The van der Waals surface area contributed by atoms with Crippen LogP contribution in [0, 0.1) is 0 Å². The number of hydrogen-bond donors (Lipinski definition) is 1. The van der Waals surface area contributed by atoms with Crippen molar-refractivity contribution in [1.29, 1.82) is 0 Å². The molecule has 7 rings (SSSR count). The quantitative estimate of drug-likeness (QED) is 0.175. The lowest BCUT2D eigenvalue weighted by atomic mass is 10.1. The first kappa shape index (κ1) is 42.5. The highest BCUT2D eigenvalue weighted by Gasteiger charge is 2.35.